The highest BCUT2D eigenvalue weighted by atomic mass is 35.5. The van der Waals surface area contributed by atoms with Crippen LogP contribution in [0.5, 0.6) is 0 Å². The van der Waals surface area contributed by atoms with Crippen LogP contribution in [-0.4, -0.2) is 14.3 Å². The molecule has 0 bridgehead atoms. The smallest absolute Gasteiger partial charge is 0.269 e. The summed E-state index contributed by atoms with van der Waals surface area (Å²) in [6.45, 7) is 3.09. The van der Waals surface area contributed by atoms with Gasteiger partial charge < -0.3 is 0 Å². The highest BCUT2D eigenvalue weighted by Crippen LogP contribution is 2.33. The maximum absolute atomic E-state index is 13.5. The fraction of sp³-hybridized carbons (Fsp3) is 0.133. The highest BCUT2D eigenvalue weighted by molar-refractivity contribution is 7.89. The molecule has 2 rings (SSSR count). The van der Waals surface area contributed by atoms with Crippen molar-refractivity contribution in [1.29, 1.82) is 0 Å². The molecule has 9 heteroatoms. The molecular formula is C15H13Cl2FN2O3S. The molecule has 2 aromatic carbocycles. The summed E-state index contributed by atoms with van der Waals surface area (Å²) in [6, 6.07) is 6.71. The maximum Gasteiger partial charge on any atom is 0.269 e. The zero-order chi connectivity index (χ0) is 18.1. The van der Waals surface area contributed by atoms with Crippen molar-refractivity contribution in [1.82, 2.24) is 10.3 Å². The van der Waals surface area contributed by atoms with Crippen molar-refractivity contribution in [3.05, 3.63) is 62.9 Å². The minimum atomic E-state index is -4.20. The fourth-order valence-electron chi connectivity index (χ4n) is 2.01. The molecule has 0 saturated carbocycles. The lowest BCUT2D eigenvalue weighted by Crippen LogP contribution is -2.42. The number of hydrogen-bond acceptors (Lipinski definition) is 3. The van der Waals surface area contributed by atoms with Gasteiger partial charge in [-0.2, -0.15) is 0 Å². The summed E-state index contributed by atoms with van der Waals surface area (Å²) >= 11 is 12.1. The first kappa shape index (κ1) is 18.7. The zero-order valence-corrected chi connectivity index (χ0v) is 15.0. The number of halogens is 3. The Morgan fingerprint density at radius 2 is 1.79 bits per heavy atom. The second-order valence-electron chi connectivity index (χ2n) is 4.98. The molecule has 2 aromatic rings. The predicted molar refractivity (Wildman–Crippen MR) is 90.1 cm³/mol. The van der Waals surface area contributed by atoms with Gasteiger partial charge in [-0.3, -0.25) is 10.2 Å². The van der Waals surface area contributed by atoms with Gasteiger partial charge in [0.1, 0.15) is 10.7 Å². The molecule has 0 saturated heterocycles. The van der Waals surface area contributed by atoms with Crippen molar-refractivity contribution in [3.63, 3.8) is 0 Å². The van der Waals surface area contributed by atoms with Crippen molar-refractivity contribution < 1.29 is 17.6 Å². The molecule has 24 heavy (non-hydrogen) atoms. The van der Waals surface area contributed by atoms with Crippen LogP contribution in [0.3, 0.4) is 0 Å². The highest BCUT2D eigenvalue weighted by Gasteiger charge is 2.25. The van der Waals surface area contributed by atoms with Gasteiger partial charge >= 0.3 is 0 Å². The van der Waals surface area contributed by atoms with Crippen molar-refractivity contribution in [2.75, 3.05) is 0 Å². The SMILES string of the molecule is Cc1cc(Cl)c(C)c(S(=O)(=O)NNC(=O)c2ccccc2F)c1Cl. The largest absolute Gasteiger partial charge is 0.273 e. The van der Waals surface area contributed by atoms with Gasteiger partial charge in [-0.25, -0.2) is 12.8 Å². The molecule has 0 aliphatic heterocycles. The summed E-state index contributed by atoms with van der Waals surface area (Å²) in [4.78, 5) is 13.6. The number of nitrogens with one attached hydrogen (secondary N) is 2. The average molecular weight is 391 g/mol. The average Bonchev–Trinajstić information content (AvgIpc) is 2.51. The lowest BCUT2D eigenvalue weighted by Gasteiger charge is -2.14. The van der Waals surface area contributed by atoms with E-state index in [0.717, 1.165) is 6.07 Å². The topological polar surface area (TPSA) is 75.3 Å². The molecule has 5 nitrogen and oxygen atoms in total. The molecule has 0 aromatic heterocycles. The standard InChI is InChI=1S/C15H13Cl2FN2O3S/c1-8-7-11(16)9(2)14(13(8)17)24(22,23)20-19-15(21)10-5-3-4-6-12(10)18/h3-7,20H,1-2H3,(H,19,21). The van der Waals surface area contributed by atoms with Crippen molar-refractivity contribution >= 4 is 39.1 Å². The minimum absolute atomic E-state index is 0.00968. The summed E-state index contributed by atoms with van der Waals surface area (Å²) in [5.41, 5.74) is 2.35. The first-order valence-electron chi connectivity index (χ1n) is 6.67. The molecule has 0 unspecified atom stereocenters. The molecule has 0 spiro atoms. The molecule has 1 amide bonds. The second kappa shape index (κ2) is 7.06. The van der Waals surface area contributed by atoms with Crippen LogP contribution in [0.4, 0.5) is 4.39 Å². The number of sulfonamides is 1. The molecule has 0 aliphatic rings. The summed E-state index contributed by atoms with van der Waals surface area (Å²) in [5, 5.41) is 0.210. The normalized spacial score (nSPS) is 11.4. The van der Waals surface area contributed by atoms with E-state index < -0.39 is 21.7 Å². The van der Waals surface area contributed by atoms with E-state index in [1.807, 2.05) is 10.3 Å². The van der Waals surface area contributed by atoms with Crippen LogP contribution in [0.25, 0.3) is 0 Å². The number of hydrogen-bond donors (Lipinski definition) is 2. The molecule has 0 heterocycles. The zero-order valence-electron chi connectivity index (χ0n) is 12.7. The Labute approximate surface area is 148 Å². The molecule has 128 valence electrons. The Kier molecular flexibility index (Phi) is 5.49. The van der Waals surface area contributed by atoms with Crippen LogP contribution in [0.1, 0.15) is 21.5 Å². The van der Waals surface area contributed by atoms with Gasteiger partial charge in [-0.05, 0) is 43.2 Å². The number of aryl methyl sites for hydroxylation is 1. The maximum atomic E-state index is 13.5. The number of hydrazine groups is 1. The second-order valence-corrected chi connectivity index (χ2v) is 7.39. The van der Waals surface area contributed by atoms with Crippen LogP contribution in [0.15, 0.2) is 35.2 Å². The van der Waals surface area contributed by atoms with Gasteiger partial charge in [0, 0.05) is 5.02 Å². The van der Waals surface area contributed by atoms with E-state index in [9.17, 15) is 17.6 Å². The summed E-state index contributed by atoms with van der Waals surface area (Å²) in [7, 11) is -4.20. The Hall–Kier alpha value is -1.67. The van der Waals surface area contributed by atoms with Crippen molar-refractivity contribution in [2.45, 2.75) is 18.7 Å². The first-order chi connectivity index (χ1) is 11.1. The Morgan fingerprint density at radius 3 is 2.42 bits per heavy atom. The van der Waals surface area contributed by atoms with E-state index in [1.54, 1.807) is 6.92 Å². The molecule has 0 aliphatic carbocycles. The number of carbonyl (C=O) groups is 1. The predicted octanol–water partition coefficient (Wildman–Crippen LogP) is 3.37. The van der Waals surface area contributed by atoms with E-state index in [4.69, 9.17) is 23.2 Å². The Bertz CT molecular complexity index is 891. The van der Waals surface area contributed by atoms with Crippen LogP contribution < -0.4 is 10.3 Å². The van der Waals surface area contributed by atoms with E-state index >= 15 is 0 Å². The van der Waals surface area contributed by atoms with Crippen molar-refractivity contribution in [3.8, 4) is 0 Å². The fourth-order valence-corrected chi connectivity index (χ4v) is 4.06. The van der Waals surface area contributed by atoms with Gasteiger partial charge in [0.2, 0.25) is 0 Å². The Morgan fingerprint density at radius 1 is 1.17 bits per heavy atom. The lowest BCUT2D eigenvalue weighted by molar-refractivity contribution is 0.0941. The quantitative estimate of drug-likeness (QED) is 0.785. The van der Waals surface area contributed by atoms with E-state index in [2.05, 4.69) is 0 Å². The number of carbonyl (C=O) groups excluding carboxylic acids is 1. The third-order valence-electron chi connectivity index (χ3n) is 3.27. The van der Waals surface area contributed by atoms with Crippen molar-refractivity contribution in [2.24, 2.45) is 0 Å². The molecular weight excluding hydrogens is 378 g/mol. The Balaban J connectivity index is 2.31. The summed E-state index contributed by atoms with van der Waals surface area (Å²) in [6.07, 6.45) is 0. The van der Waals surface area contributed by atoms with Gasteiger partial charge in [-0.15, -0.1) is 4.83 Å². The molecule has 2 N–H and O–H groups in total. The van der Waals surface area contributed by atoms with Crippen LogP contribution in [0, 0.1) is 19.7 Å². The van der Waals surface area contributed by atoms with Gasteiger partial charge in [0.25, 0.3) is 15.9 Å². The molecule has 0 fully saturated rings. The van der Waals surface area contributed by atoms with E-state index in [0.29, 0.717) is 5.56 Å². The van der Waals surface area contributed by atoms with E-state index in [1.165, 1.54) is 31.2 Å². The third-order valence-corrected chi connectivity index (χ3v) is 5.68. The van der Waals surface area contributed by atoms with Crippen LogP contribution in [0.2, 0.25) is 10.0 Å². The summed E-state index contributed by atoms with van der Waals surface area (Å²) in [5.74, 6) is -1.72. The van der Waals surface area contributed by atoms with Gasteiger partial charge in [0.05, 0.1) is 10.6 Å². The third kappa shape index (κ3) is 3.70. The molecule has 0 radical (unpaired) electrons. The van der Waals surface area contributed by atoms with Crippen LogP contribution in [-0.2, 0) is 10.0 Å². The summed E-state index contributed by atoms with van der Waals surface area (Å²) < 4.78 is 38.4. The monoisotopic (exact) mass is 390 g/mol. The van der Waals surface area contributed by atoms with Gasteiger partial charge in [-0.1, -0.05) is 35.3 Å². The van der Waals surface area contributed by atoms with Gasteiger partial charge in [0.15, 0.2) is 0 Å². The van der Waals surface area contributed by atoms with Crippen LogP contribution >= 0.6 is 23.2 Å². The van der Waals surface area contributed by atoms with E-state index in [-0.39, 0.29) is 26.1 Å². The number of amides is 1. The number of benzene rings is 2. The number of rotatable bonds is 4. The first-order valence-corrected chi connectivity index (χ1v) is 8.91. The molecule has 0 atom stereocenters. The lowest BCUT2D eigenvalue weighted by atomic mass is 10.2. The minimum Gasteiger partial charge on any atom is -0.273 e.